The number of halogens is 3. The summed E-state index contributed by atoms with van der Waals surface area (Å²) in [7, 11) is 0. The highest BCUT2D eigenvalue weighted by molar-refractivity contribution is 7.99. The van der Waals surface area contributed by atoms with Gasteiger partial charge in [0.05, 0.1) is 12.6 Å². The van der Waals surface area contributed by atoms with E-state index in [4.69, 9.17) is 4.74 Å². The van der Waals surface area contributed by atoms with Crippen molar-refractivity contribution < 1.29 is 27.5 Å². The molecule has 0 bridgehead atoms. The maximum atomic E-state index is 13.7. The molecule has 0 saturated carbocycles. The highest BCUT2D eigenvalue weighted by Gasteiger charge is 2.49. The highest BCUT2D eigenvalue weighted by atomic mass is 32.2. The summed E-state index contributed by atoms with van der Waals surface area (Å²) in [6.45, 7) is 1.04. The van der Waals surface area contributed by atoms with E-state index < -0.39 is 24.0 Å². The molecule has 1 fully saturated rings. The predicted octanol–water partition coefficient (Wildman–Crippen LogP) is 8.69. The quantitative estimate of drug-likeness (QED) is 0.165. The summed E-state index contributed by atoms with van der Waals surface area (Å²) in [5, 5.41) is 5.33. The number of alkyl halides is 3. The molecule has 1 aliphatic heterocycles. The second-order valence-electron chi connectivity index (χ2n) is 12.2. The summed E-state index contributed by atoms with van der Waals surface area (Å²) in [6.07, 6.45) is -2.05. The Bertz CT molecular complexity index is 1690. The Labute approximate surface area is 284 Å². The fourth-order valence-electron chi connectivity index (χ4n) is 6.71. The molecule has 6 rings (SSSR count). The standard InChI is InChI=1S/C38H37F3N2O3S.CH4/c1-25-17-19-26(20-18-25)28-10-2-3-13-31(28)35(44)43-27-22-46-34(47-23-27)16-8-9-21-37(36(45)42-24-38(39,40)41)32-14-6-4-11-29(32)30-12-5-7-15-33(30)37;/h2-7,10-15,17-20,27,34H,8-9,16,21-24H2,1H3,(H,42,45)(H,43,44);1H4/t27-,34?;/m1./s1. The molecule has 48 heavy (non-hydrogen) atoms. The zero-order valence-electron chi connectivity index (χ0n) is 26.1. The van der Waals surface area contributed by atoms with Crippen LogP contribution < -0.4 is 10.6 Å². The van der Waals surface area contributed by atoms with Crippen LogP contribution >= 0.6 is 11.8 Å². The smallest absolute Gasteiger partial charge is 0.365 e. The summed E-state index contributed by atoms with van der Waals surface area (Å²) in [4.78, 5) is 27.0. The molecule has 4 aromatic rings. The van der Waals surface area contributed by atoms with Crippen molar-refractivity contribution in [2.75, 3.05) is 18.9 Å². The highest BCUT2D eigenvalue weighted by Crippen LogP contribution is 2.51. The molecule has 1 saturated heterocycles. The summed E-state index contributed by atoms with van der Waals surface area (Å²) in [6, 6.07) is 30.5. The van der Waals surface area contributed by atoms with Gasteiger partial charge in [0.2, 0.25) is 5.91 Å². The van der Waals surface area contributed by atoms with Crippen LogP contribution in [0, 0.1) is 6.92 Å². The molecule has 0 spiro atoms. The van der Waals surface area contributed by atoms with E-state index in [1.54, 1.807) is 11.8 Å². The van der Waals surface area contributed by atoms with Gasteiger partial charge in [-0.15, -0.1) is 11.8 Å². The maximum Gasteiger partial charge on any atom is 0.405 e. The van der Waals surface area contributed by atoms with Gasteiger partial charge in [0.1, 0.15) is 17.4 Å². The average Bonchev–Trinajstić information content (AvgIpc) is 3.37. The van der Waals surface area contributed by atoms with Crippen molar-refractivity contribution in [3.8, 4) is 22.3 Å². The number of fused-ring (bicyclic) bond motifs is 3. The first kappa shape index (κ1) is 35.2. The second kappa shape index (κ2) is 15.0. The third-order valence-electron chi connectivity index (χ3n) is 8.98. The number of hydrogen-bond donors (Lipinski definition) is 2. The van der Waals surface area contributed by atoms with Crippen LogP contribution in [-0.4, -0.2) is 48.4 Å². The number of rotatable bonds is 10. The number of nitrogens with one attached hydrogen (secondary N) is 2. The lowest BCUT2D eigenvalue weighted by Gasteiger charge is -2.32. The number of hydrogen-bond acceptors (Lipinski definition) is 4. The first-order chi connectivity index (χ1) is 22.7. The Morgan fingerprint density at radius 3 is 2.06 bits per heavy atom. The average molecular weight is 675 g/mol. The van der Waals surface area contributed by atoms with Crippen molar-refractivity contribution in [1.82, 2.24) is 10.6 Å². The van der Waals surface area contributed by atoms with E-state index in [0.717, 1.165) is 51.8 Å². The van der Waals surface area contributed by atoms with Gasteiger partial charge >= 0.3 is 6.18 Å². The van der Waals surface area contributed by atoms with Gasteiger partial charge in [-0.25, -0.2) is 0 Å². The minimum Gasteiger partial charge on any atom is -0.365 e. The van der Waals surface area contributed by atoms with Gasteiger partial charge in [0.15, 0.2) is 0 Å². The molecule has 5 nitrogen and oxygen atoms in total. The van der Waals surface area contributed by atoms with Gasteiger partial charge in [-0.05, 0) is 65.6 Å². The summed E-state index contributed by atoms with van der Waals surface area (Å²) in [5.74, 6) is -0.0636. The monoisotopic (exact) mass is 674 g/mol. The van der Waals surface area contributed by atoms with Crippen LogP contribution in [0.25, 0.3) is 22.3 Å². The van der Waals surface area contributed by atoms with Crippen LogP contribution in [-0.2, 0) is 14.9 Å². The Morgan fingerprint density at radius 1 is 0.854 bits per heavy atom. The van der Waals surface area contributed by atoms with Crippen LogP contribution in [0.2, 0.25) is 0 Å². The van der Waals surface area contributed by atoms with E-state index in [1.807, 2.05) is 104 Å². The minimum atomic E-state index is -4.51. The normalized spacial score (nSPS) is 17.8. The lowest BCUT2D eigenvalue weighted by Crippen LogP contribution is -2.47. The molecular formula is C39H41F3N2O3S. The van der Waals surface area contributed by atoms with Crippen LogP contribution in [0.1, 0.15) is 60.2 Å². The summed E-state index contributed by atoms with van der Waals surface area (Å²) in [5.41, 5.74) is 5.61. The van der Waals surface area contributed by atoms with E-state index in [9.17, 15) is 22.8 Å². The van der Waals surface area contributed by atoms with Gasteiger partial charge in [-0.1, -0.05) is 110 Å². The zero-order chi connectivity index (χ0) is 33.0. The molecule has 9 heteroatoms. The molecule has 2 N–H and O–H groups in total. The predicted molar refractivity (Wildman–Crippen MR) is 187 cm³/mol. The first-order valence-electron chi connectivity index (χ1n) is 15.9. The number of aryl methyl sites for hydroxylation is 1. The number of thioether (sulfide) groups is 1. The second-order valence-corrected chi connectivity index (χ2v) is 13.4. The fraction of sp³-hybridized carbons (Fsp3) is 0.333. The Morgan fingerprint density at radius 2 is 1.46 bits per heavy atom. The van der Waals surface area contributed by atoms with E-state index >= 15 is 0 Å². The molecule has 1 heterocycles. The topological polar surface area (TPSA) is 67.4 Å². The zero-order valence-corrected chi connectivity index (χ0v) is 26.9. The van der Waals surface area contributed by atoms with Crippen molar-refractivity contribution in [2.45, 2.75) is 63.1 Å². The molecule has 0 radical (unpaired) electrons. The van der Waals surface area contributed by atoms with Crippen molar-refractivity contribution >= 4 is 23.6 Å². The van der Waals surface area contributed by atoms with Gasteiger partial charge < -0.3 is 15.4 Å². The Balaban J connectivity index is 0.00000451. The summed E-state index contributed by atoms with van der Waals surface area (Å²) >= 11 is 1.65. The molecule has 2 atom stereocenters. The van der Waals surface area contributed by atoms with Crippen molar-refractivity contribution in [3.63, 3.8) is 0 Å². The van der Waals surface area contributed by atoms with Gasteiger partial charge in [0, 0.05) is 11.3 Å². The van der Waals surface area contributed by atoms with Crippen molar-refractivity contribution in [3.05, 3.63) is 119 Å². The SMILES string of the molecule is C.Cc1ccc(-c2ccccc2C(=O)N[C@@H]2COC(CCCCC3(C(=O)NCC(F)(F)F)c4ccccc4-c4ccccc43)SC2)cc1. The van der Waals surface area contributed by atoms with E-state index in [1.165, 1.54) is 0 Å². The maximum absolute atomic E-state index is 13.7. The van der Waals surface area contributed by atoms with Crippen LogP contribution in [0.3, 0.4) is 0 Å². The minimum absolute atomic E-state index is 0. The van der Waals surface area contributed by atoms with E-state index in [2.05, 4.69) is 10.6 Å². The van der Waals surface area contributed by atoms with Crippen LogP contribution in [0.15, 0.2) is 97.1 Å². The van der Waals surface area contributed by atoms with E-state index in [0.29, 0.717) is 30.8 Å². The number of benzene rings is 4. The van der Waals surface area contributed by atoms with E-state index in [-0.39, 0.29) is 24.8 Å². The van der Waals surface area contributed by atoms with Gasteiger partial charge in [-0.3, -0.25) is 9.59 Å². The molecule has 252 valence electrons. The van der Waals surface area contributed by atoms with Crippen LogP contribution in [0.4, 0.5) is 13.2 Å². The van der Waals surface area contributed by atoms with Crippen molar-refractivity contribution in [1.29, 1.82) is 0 Å². The largest absolute Gasteiger partial charge is 0.405 e. The van der Waals surface area contributed by atoms with Gasteiger partial charge in [0.25, 0.3) is 5.91 Å². The Kier molecular flexibility index (Phi) is 11.0. The van der Waals surface area contributed by atoms with Crippen molar-refractivity contribution in [2.24, 2.45) is 0 Å². The molecule has 1 unspecified atom stereocenters. The van der Waals surface area contributed by atoms with Crippen LogP contribution in [0.5, 0.6) is 0 Å². The lowest BCUT2D eigenvalue weighted by atomic mass is 9.73. The first-order valence-corrected chi connectivity index (χ1v) is 17.0. The van der Waals surface area contributed by atoms with Gasteiger partial charge in [-0.2, -0.15) is 13.2 Å². The number of ether oxygens (including phenoxy) is 1. The molecule has 1 aliphatic carbocycles. The fourth-order valence-corrected chi connectivity index (χ4v) is 7.84. The molecule has 2 amide bonds. The lowest BCUT2D eigenvalue weighted by molar-refractivity contribution is -0.141. The molecule has 2 aliphatic rings. The molecular weight excluding hydrogens is 634 g/mol. The number of unbranched alkanes of at least 4 members (excludes halogenated alkanes) is 1. The third-order valence-corrected chi connectivity index (χ3v) is 10.3. The summed E-state index contributed by atoms with van der Waals surface area (Å²) < 4.78 is 45.6. The number of carbonyl (C=O) groups is 2. The number of carbonyl (C=O) groups excluding carboxylic acids is 2. The third kappa shape index (κ3) is 7.47. The molecule has 4 aromatic carbocycles. The Hall–Kier alpha value is -4.08. The molecule has 0 aromatic heterocycles. The number of amides is 2.